The van der Waals surface area contributed by atoms with Gasteiger partial charge in [0.05, 0.1) is 0 Å². The fraction of sp³-hybridized carbons (Fsp3) is 0.625. The molecule has 1 aromatic carbocycles. The molecule has 0 spiro atoms. The van der Waals surface area contributed by atoms with E-state index in [4.69, 9.17) is 0 Å². The Hall–Kier alpha value is -1.00. The van der Waals surface area contributed by atoms with Gasteiger partial charge < -0.3 is 5.32 Å². The quantitative estimate of drug-likeness (QED) is 0.912. The number of halogens is 2. The van der Waals surface area contributed by atoms with Crippen molar-refractivity contribution in [2.45, 2.75) is 44.8 Å². The Morgan fingerprint density at radius 2 is 2.10 bits per heavy atom. The largest absolute Gasteiger partial charge is 0.311 e. The van der Waals surface area contributed by atoms with Gasteiger partial charge in [-0.3, -0.25) is 4.90 Å². The van der Waals surface area contributed by atoms with Gasteiger partial charge in [0, 0.05) is 37.3 Å². The van der Waals surface area contributed by atoms with Crippen LogP contribution in [0.25, 0.3) is 0 Å². The predicted octanol–water partition coefficient (Wildman–Crippen LogP) is 2.93. The molecule has 2 unspecified atom stereocenters. The Bertz CT molecular complexity index is 474. The van der Waals surface area contributed by atoms with E-state index in [-0.39, 0.29) is 11.6 Å². The van der Waals surface area contributed by atoms with Crippen molar-refractivity contribution in [1.82, 2.24) is 10.2 Å². The normalized spacial score (nSPS) is 27.8. The average Bonchev–Trinajstić information content (AvgIpc) is 3.27. The maximum Gasteiger partial charge on any atom is 0.127 e. The fourth-order valence-electron chi connectivity index (χ4n) is 3.18. The lowest BCUT2D eigenvalue weighted by Gasteiger charge is -2.40. The zero-order valence-corrected chi connectivity index (χ0v) is 11.9. The number of nitrogens with zero attached hydrogens (tertiary/aromatic N) is 1. The highest BCUT2D eigenvalue weighted by atomic mass is 19.1. The van der Waals surface area contributed by atoms with Crippen LogP contribution in [0.2, 0.25) is 0 Å². The third-order valence-electron chi connectivity index (χ3n) is 4.58. The van der Waals surface area contributed by atoms with Gasteiger partial charge in [0.2, 0.25) is 0 Å². The molecule has 2 nitrogen and oxygen atoms in total. The molecule has 1 aliphatic carbocycles. The molecule has 1 N–H and O–H groups in total. The summed E-state index contributed by atoms with van der Waals surface area (Å²) < 4.78 is 27.2. The maximum atomic E-state index is 13.8. The monoisotopic (exact) mass is 280 g/mol. The highest BCUT2D eigenvalue weighted by molar-refractivity contribution is 5.19. The van der Waals surface area contributed by atoms with Crippen LogP contribution in [0.5, 0.6) is 0 Å². The second kappa shape index (κ2) is 5.78. The summed E-state index contributed by atoms with van der Waals surface area (Å²) in [5.41, 5.74) is 0.479. The molecule has 0 bridgehead atoms. The van der Waals surface area contributed by atoms with Crippen LogP contribution in [-0.2, 0) is 6.54 Å². The Balaban J connectivity index is 1.76. The fourth-order valence-corrected chi connectivity index (χ4v) is 3.18. The predicted molar refractivity (Wildman–Crippen MR) is 75.4 cm³/mol. The molecule has 110 valence electrons. The molecular weight excluding hydrogens is 258 g/mol. The van der Waals surface area contributed by atoms with Crippen molar-refractivity contribution in [1.29, 1.82) is 0 Å². The molecular formula is C16H22F2N2. The first kappa shape index (κ1) is 14.0. The molecule has 2 aliphatic rings. The number of rotatable bonds is 4. The van der Waals surface area contributed by atoms with Crippen LogP contribution in [0.3, 0.4) is 0 Å². The molecule has 3 rings (SSSR count). The van der Waals surface area contributed by atoms with Crippen molar-refractivity contribution in [2.75, 3.05) is 13.1 Å². The SMILES string of the molecule is CCC1CN(Cc2cc(F)ccc2F)C(C2CC2)CN1. The van der Waals surface area contributed by atoms with Crippen LogP contribution < -0.4 is 5.32 Å². The van der Waals surface area contributed by atoms with E-state index in [1.165, 1.54) is 31.0 Å². The minimum absolute atomic E-state index is 0.299. The minimum Gasteiger partial charge on any atom is -0.311 e. The molecule has 20 heavy (non-hydrogen) atoms. The van der Waals surface area contributed by atoms with Gasteiger partial charge in [-0.25, -0.2) is 8.78 Å². The summed E-state index contributed by atoms with van der Waals surface area (Å²) in [5, 5.41) is 3.57. The lowest BCUT2D eigenvalue weighted by atomic mass is 10.0. The lowest BCUT2D eigenvalue weighted by Crippen LogP contribution is -2.56. The summed E-state index contributed by atoms with van der Waals surface area (Å²) in [6, 6.07) is 4.68. The average molecular weight is 280 g/mol. The molecule has 0 aromatic heterocycles. The summed E-state index contributed by atoms with van der Waals surface area (Å²) in [6.07, 6.45) is 3.61. The Morgan fingerprint density at radius 3 is 2.80 bits per heavy atom. The Kier molecular flexibility index (Phi) is 4.03. The number of nitrogens with one attached hydrogen (secondary N) is 1. The molecule has 2 fully saturated rings. The van der Waals surface area contributed by atoms with E-state index >= 15 is 0 Å². The Morgan fingerprint density at radius 1 is 1.30 bits per heavy atom. The van der Waals surface area contributed by atoms with Crippen LogP contribution in [0.4, 0.5) is 8.78 Å². The van der Waals surface area contributed by atoms with Gasteiger partial charge in [-0.2, -0.15) is 0 Å². The first-order chi connectivity index (χ1) is 9.67. The van der Waals surface area contributed by atoms with Gasteiger partial charge in [0.1, 0.15) is 11.6 Å². The molecule has 4 heteroatoms. The smallest absolute Gasteiger partial charge is 0.127 e. The van der Waals surface area contributed by atoms with Crippen LogP contribution in [-0.4, -0.2) is 30.1 Å². The first-order valence-corrected chi connectivity index (χ1v) is 7.58. The van der Waals surface area contributed by atoms with E-state index in [9.17, 15) is 8.78 Å². The standard InChI is InChI=1S/C16H22F2N2/c1-2-14-10-20(16(8-19-14)11-3-4-11)9-12-7-13(17)5-6-15(12)18/h5-7,11,14,16,19H,2-4,8-10H2,1H3. The first-order valence-electron chi connectivity index (χ1n) is 7.58. The molecule has 1 heterocycles. The van der Waals surface area contributed by atoms with Crippen molar-refractivity contribution >= 4 is 0 Å². The van der Waals surface area contributed by atoms with E-state index < -0.39 is 0 Å². The summed E-state index contributed by atoms with van der Waals surface area (Å²) in [7, 11) is 0. The molecule has 1 saturated carbocycles. The zero-order valence-electron chi connectivity index (χ0n) is 11.9. The van der Waals surface area contributed by atoms with Gasteiger partial charge in [-0.15, -0.1) is 0 Å². The molecule has 1 aliphatic heterocycles. The van der Waals surface area contributed by atoms with E-state index in [0.29, 0.717) is 24.2 Å². The highest BCUT2D eigenvalue weighted by Crippen LogP contribution is 2.37. The van der Waals surface area contributed by atoms with Gasteiger partial charge in [-0.1, -0.05) is 6.92 Å². The second-order valence-electron chi connectivity index (χ2n) is 6.08. The zero-order chi connectivity index (χ0) is 14.1. The van der Waals surface area contributed by atoms with Crippen LogP contribution in [0, 0.1) is 17.6 Å². The number of benzene rings is 1. The summed E-state index contributed by atoms with van der Waals surface area (Å²) in [6.45, 7) is 4.58. The summed E-state index contributed by atoms with van der Waals surface area (Å²) >= 11 is 0. The minimum atomic E-state index is -0.355. The van der Waals surface area contributed by atoms with Gasteiger partial charge in [0.25, 0.3) is 0 Å². The molecule has 1 saturated heterocycles. The second-order valence-corrected chi connectivity index (χ2v) is 6.08. The third-order valence-corrected chi connectivity index (χ3v) is 4.58. The number of piperazine rings is 1. The van der Waals surface area contributed by atoms with Gasteiger partial charge in [-0.05, 0) is 43.4 Å². The van der Waals surface area contributed by atoms with E-state index in [1.54, 1.807) is 0 Å². The maximum absolute atomic E-state index is 13.8. The lowest BCUT2D eigenvalue weighted by molar-refractivity contribution is 0.104. The van der Waals surface area contributed by atoms with Crippen molar-refractivity contribution in [3.05, 3.63) is 35.4 Å². The number of hydrogen-bond acceptors (Lipinski definition) is 2. The van der Waals surface area contributed by atoms with E-state index in [0.717, 1.165) is 25.4 Å². The molecule has 1 aromatic rings. The van der Waals surface area contributed by atoms with Crippen molar-refractivity contribution in [2.24, 2.45) is 5.92 Å². The summed E-state index contributed by atoms with van der Waals surface area (Å²) in [4.78, 5) is 2.35. The summed E-state index contributed by atoms with van der Waals surface area (Å²) in [5.74, 6) is 0.0796. The van der Waals surface area contributed by atoms with Crippen molar-refractivity contribution < 1.29 is 8.78 Å². The van der Waals surface area contributed by atoms with Crippen molar-refractivity contribution in [3.63, 3.8) is 0 Å². The molecule has 0 amide bonds. The van der Waals surface area contributed by atoms with Crippen LogP contribution in [0.15, 0.2) is 18.2 Å². The molecule has 0 radical (unpaired) electrons. The van der Waals surface area contributed by atoms with Crippen LogP contribution in [0.1, 0.15) is 31.7 Å². The van der Waals surface area contributed by atoms with E-state index in [2.05, 4.69) is 17.1 Å². The van der Waals surface area contributed by atoms with E-state index in [1.807, 2.05) is 0 Å². The number of hydrogen-bond donors (Lipinski definition) is 1. The van der Waals surface area contributed by atoms with Gasteiger partial charge in [0.15, 0.2) is 0 Å². The van der Waals surface area contributed by atoms with Crippen molar-refractivity contribution in [3.8, 4) is 0 Å². The van der Waals surface area contributed by atoms with Crippen LogP contribution >= 0.6 is 0 Å². The van der Waals surface area contributed by atoms with Gasteiger partial charge >= 0.3 is 0 Å². The highest BCUT2D eigenvalue weighted by Gasteiger charge is 2.38. The third kappa shape index (κ3) is 3.01. The topological polar surface area (TPSA) is 15.3 Å². The Labute approximate surface area is 119 Å². The molecule has 2 atom stereocenters.